The smallest absolute Gasteiger partial charge is 0.273 e. The number of benzene rings is 1. The second kappa shape index (κ2) is 6.62. The van der Waals surface area contributed by atoms with Crippen molar-refractivity contribution in [2.24, 2.45) is 0 Å². The molecule has 0 radical (unpaired) electrons. The van der Waals surface area contributed by atoms with Gasteiger partial charge in [-0.05, 0) is 19.1 Å². The minimum atomic E-state index is -0.644. The summed E-state index contributed by atoms with van der Waals surface area (Å²) < 4.78 is 22.0. The molecule has 3 aromatic heterocycles. The van der Waals surface area contributed by atoms with Gasteiger partial charge in [-0.1, -0.05) is 6.07 Å². The molecule has 0 aliphatic carbocycles. The van der Waals surface area contributed by atoms with E-state index in [9.17, 15) is 9.18 Å². The van der Waals surface area contributed by atoms with E-state index >= 15 is 0 Å². The zero-order chi connectivity index (χ0) is 19.8. The molecule has 0 saturated heterocycles. The quantitative estimate of drug-likeness (QED) is 0.581. The predicted molar refractivity (Wildman–Crippen MR) is 97.5 cm³/mol. The van der Waals surface area contributed by atoms with Gasteiger partial charge in [0.05, 0.1) is 24.9 Å². The number of nitriles is 1. The first-order valence-corrected chi connectivity index (χ1v) is 8.29. The summed E-state index contributed by atoms with van der Waals surface area (Å²) in [5, 5.41) is 24.5. The zero-order valence-corrected chi connectivity index (χ0v) is 14.9. The molecule has 4 aromatic rings. The minimum Gasteiger partial charge on any atom is -0.494 e. The molecule has 0 aliphatic heterocycles. The second-order valence-corrected chi connectivity index (χ2v) is 6.03. The Hall–Kier alpha value is -4.00. The van der Waals surface area contributed by atoms with Crippen LogP contribution >= 0.6 is 0 Å². The number of hydrogen-bond acceptors (Lipinski definition) is 6. The Kier molecular flexibility index (Phi) is 4.12. The van der Waals surface area contributed by atoms with E-state index in [4.69, 9.17) is 10.00 Å². The number of fused-ring (bicyclic) bond motifs is 1. The fraction of sp³-hybridized carbons (Fsp3) is 0.167. The summed E-state index contributed by atoms with van der Waals surface area (Å²) in [5.74, 6) is -0.469. The van der Waals surface area contributed by atoms with Gasteiger partial charge in [0.2, 0.25) is 0 Å². The molecule has 0 saturated carbocycles. The normalized spacial score (nSPS) is 12.1. The molecule has 0 amide bonds. The maximum absolute atomic E-state index is 14.4. The third kappa shape index (κ3) is 2.69. The molecular formula is C18H14FN7O2. The van der Waals surface area contributed by atoms with E-state index in [0.29, 0.717) is 22.3 Å². The van der Waals surface area contributed by atoms with Crippen LogP contribution in [0.25, 0.3) is 28.0 Å². The van der Waals surface area contributed by atoms with Crippen molar-refractivity contribution in [3.8, 4) is 28.8 Å². The number of nitrogens with one attached hydrogen (secondary N) is 1. The number of aromatic amines is 1. The maximum atomic E-state index is 14.4. The van der Waals surface area contributed by atoms with Crippen molar-refractivity contribution in [2.75, 3.05) is 7.11 Å². The average Bonchev–Trinajstić information content (AvgIpc) is 3.33. The lowest BCUT2D eigenvalue weighted by Gasteiger charge is -2.10. The van der Waals surface area contributed by atoms with Gasteiger partial charge in [-0.2, -0.15) is 25.2 Å². The first kappa shape index (κ1) is 17.4. The van der Waals surface area contributed by atoms with Crippen molar-refractivity contribution in [2.45, 2.75) is 13.0 Å². The number of hydrogen-bond donors (Lipinski definition) is 1. The van der Waals surface area contributed by atoms with Gasteiger partial charge in [-0.25, -0.2) is 4.39 Å². The van der Waals surface area contributed by atoms with Crippen LogP contribution in [-0.4, -0.2) is 36.9 Å². The monoisotopic (exact) mass is 379 g/mol. The standard InChI is InChI=1S/C18H14FN7O2/c1-10(7-20)25-9-11(8-21-25)16-17-13(22-23-16)6-15(27)26(24-17)18-12(19)4-3-5-14(18)28-2/h3-6,8-10,22H,1-2H3. The molecule has 0 spiro atoms. The summed E-state index contributed by atoms with van der Waals surface area (Å²) in [6.07, 6.45) is 3.20. The van der Waals surface area contributed by atoms with E-state index in [0.717, 1.165) is 4.68 Å². The summed E-state index contributed by atoms with van der Waals surface area (Å²) in [4.78, 5) is 12.5. The molecule has 140 valence electrons. The summed E-state index contributed by atoms with van der Waals surface area (Å²) in [6.45, 7) is 1.71. The van der Waals surface area contributed by atoms with E-state index in [1.807, 2.05) is 0 Å². The highest BCUT2D eigenvalue weighted by atomic mass is 19.1. The van der Waals surface area contributed by atoms with E-state index < -0.39 is 17.4 Å². The fourth-order valence-corrected chi connectivity index (χ4v) is 2.84. The highest BCUT2D eigenvalue weighted by Crippen LogP contribution is 2.27. The van der Waals surface area contributed by atoms with Crippen LogP contribution in [0.2, 0.25) is 0 Å². The van der Waals surface area contributed by atoms with Gasteiger partial charge in [0, 0.05) is 17.8 Å². The minimum absolute atomic E-state index is 0.0853. The summed E-state index contributed by atoms with van der Waals surface area (Å²) in [7, 11) is 1.38. The lowest BCUT2D eigenvalue weighted by atomic mass is 10.2. The predicted octanol–water partition coefficient (Wildman–Crippen LogP) is 2.20. The van der Waals surface area contributed by atoms with E-state index in [1.165, 1.54) is 30.0 Å². The Morgan fingerprint density at radius 2 is 2.21 bits per heavy atom. The molecule has 0 fully saturated rings. The third-order valence-corrected chi connectivity index (χ3v) is 4.28. The Balaban J connectivity index is 1.92. The molecule has 3 heterocycles. The van der Waals surface area contributed by atoms with Gasteiger partial charge < -0.3 is 4.74 Å². The average molecular weight is 379 g/mol. The van der Waals surface area contributed by atoms with Crippen LogP contribution in [0.3, 0.4) is 0 Å². The summed E-state index contributed by atoms with van der Waals surface area (Å²) >= 11 is 0. The number of H-pyrrole nitrogens is 1. The van der Waals surface area contributed by atoms with Gasteiger partial charge in [-0.3, -0.25) is 14.6 Å². The number of nitrogens with zero attached hydrogens (tertiary/aromatic N) is 6. The van der Waals surface area contributed by atoms with Crippen LogP contribution in [0.5, 0.6) is 5.75 Å². The third-order valence-electron chi connectivity index (χ3n) is 4.28. The Morgan fingerprint density at radius 3 is 2.96 bits per heavy atom. The Morgan fingerprint density at radius 1 is 1.39 bits per heavy atom. The van der Waals surface area contributed by atoms with Crippen molar-refractivity contribution in [3.63, 3.8) is 0 Å². The molecule has 1 aromatic carbocycles. The second-order valence-electron chi connectivity index (χ2n) is 6.03. The molecule has 0 bridgehead atoms. The molecular weight excluding hydrogens is 365 g/mol. The Bertz CT molecular complexity index is 1280. The lowest BCUT2D eigenvalue weighted by Crippen LogP contribution is -2.21. The molecule has 9 nitrogen and oxygen atoms in total. The van der Waals surface area contributed by atoms with Crippen LogP contribution in [0.15, 0.2) is 41.5 Å². The van der Waals surface area contributed by atoms with Gasteiger partial charge in [0.15, 0.2) is 5.82 Å². The Labute approximate surface area is 157 Å². The van der Waals surface area contributed by atoms with Crippen LogP contribution in [0.1, 0.15) is 13.0 Å². The van der Waals surface area contributed by atoms with E-state index in [2.05, 4.69) is 26.5 Å². The fourth-order valence-electron chi connectivity index (χ4n) is 2.84. The molecule has 10 heteroatoms. The van der Waals surface area contributed by atoms with Crippen LogP contribution in [0, 0.1) is 17.1 Å². The van der Waals surface area contributed by atoms with Gasteiger partial charge in [0.25, 0.3) is 5.56 Å². The van der Waals surface area contributed by atoms with Crippen molar-refractivity contribution < 1.29 is 9.13 Å². The topological polar surface area (TPSA) is 114 Å². The highest BCUT2D eigenvalue weighted by Gasteiger charge is 2.19. The SMILES string of the molecule is COc1cccc(F)c1-n1nc2c(-c3cnn(C(C)C#N)c3)n[nH]c2cc1=O. The zero-order valence-electron chi connectivity index (χ0n) is 14.9. The number of rotatable bonds is 4. The molecule has 0 aliphatic rings. The van der Waals surface area contributed by atoms with Crippen molar-refractivity contribution in [3.05, 3.63) is 52.8 Å². The molecule has 1 N–H and O–H groups in total. The van der Waals surface area contributed by atoms with Crippen LogP contribution in [-0.2, 0) is 0 Å². The van der Waals surface area contributed by atoms with E-state index in [-0.39, 0.29) is 11.4 Å². The number of para-hydroxylation sites is 1. The number of aromatic nitrogens is 6. The van der Waals surface area contributed by atoms with Gasteiger partial charge in [-0.15, -0.1) is 0 Å². The summed E-state index contributed by atoms with van der Waals surface area (Å²) in [6, 6.07) is 7.17. The molecule has 1 unspecified atom stereocenters. The lowest BCUT2D eigenvalue weighted by molar-refractivity contribution is 0.406. The van der Waals surface area contributed by atoms with Crippen molar-refractivity contribution in [1.82, 2.24) is 29.8 Å². The number of halogens is 1. The van der Waals surface area contributed by atoms with Crippen LogP contribution in [0.4, 0.5) is 4.39 Å². The highest BCUT2D eigenvalue weighted by molar-refractivity contribution is 5.88. The van der Waals surface area contributed by atoms with Crippen molar-refractivity contribution >= 4 is 11.0 Å². The van der Waals surface area contributed by atoms with Gasteiger partial charge >= 0.3 is 0 Å². The molecule has 4 rings (SSSR count). The first-order valence-electron chi connectivity index (χ1n) is 8.29. The summed E-state index contributed by atoms with van der Waals surface area (Å²) in [5.41, 5.74) is 1.15. The molecule has 28 heavy (non-hydrogen) atoms. The van der Waals surface area contributed by atoms with Gasteiger partial charge in [0.1, 0.15) is 28.7 Å². The number of ether oxygens (including phenoxy) is 1. The van der Waals surface area contributed by atoms with E-state index in [1.54, 1.807) is 25.4 Å². The molecule has 1 atom stereocenters. The maximum Gasteiger partial charge on any atom is 0.273 e. The largest absolute Gasteiger partial charge is 0.494 e. The number of methoxy groups -OCH3 is 1. The first-order chi connectivity index (χ1) is 13.5. The van der Waals surface area contributed by atoms with Crippen LogP contribution < -0.4 is 10.3 Å². The van der Waals surface area contributed by atoms with Crippen molar-refractivity contribution in [1.29, 1.82) is 5.26 Å².